The monoisotopic (exact) mass is 337 g/mol. The standard InChI is InChI=1S/C19H19N3OS/c23-18(8-7-16-9-14-24-15-16)20-10-4-12-22-13-11-21-19(22)17-5-2-1-3-6-17/h1-3,5-9,11,13-15H,4,10,12H2,(H,20,23)/b8-7+. The van der Waals surface area contributed by atoms with E-state index in [2.05, 4.69) is 27.0 Å². The Kier molecular flexibility index (Phi) is 5.58. The van der Waals surface area contributed by atoms with E-state index in [-0.39, 0.29) is 5.91 Å². The topological polar surface area (TPSA) is 46.9 Å². The summed E-state index contributed by atoms with van der Waals surface area (Å²) in [5.41, 5.74) is 2.16. The third kappa shape index (κ3) is 4.43. The molecule has 0 aliphatic rings. The molecule has 3 aromatic rings. The average Bonchev–Trinajstić information content (AvgIpc) is 3.29. The molecule has 0 saturated heterocycles. The summed E-state index contributed by atoms with van der Waals surface area (Å²) in [6.45, 7) is 1.46. The van der Waals surface area contributed by atoms with Gasteiger partial charge in [-0.1, -0.05) is 30.3 Å². The number of thiophene rings is 1. The normalized spacial score (nSPS) is 11.0. The highest BCUT2D eigenvalue weighted by molar-refractivity contribution is 7.08. The molecule has 0 aliphatic heterocycles. The first-order chi connectivity index (χ1) is 11.8. The molecule has 0 bridgehead atoms. The molecule has 0 spiro atoms. The highest BCUT2D eigenvalue weighted by Gasteiger charge is 2.05. The Morgan fingerprint density at radius 1 is 1.25 bits per heavy atom. The van der Waals surface area contributed by atoms with Crippen molar-refractivity contribution in [1.82, 2.24) is 14.9 Å². The van der Waals surface area contributed by atoms with Crippen molar-refractivity contribution in [3.8, 4) is 11.4 Å². The van der Waals surface area contributed by atoms with Crippen LogP contribution in [0.25, 0.3) is 17.5 Å². The van der Waals surface area contributed by atoms with Crippen LogP contribution in [0.3, 0.4) is 0 Å². The van der Waals surface area contributed by atoms with Gasteiger partial charge in [0.25, 0.3) is 0 Å². The second-order valence-corrected chi connectivity index (χ2v) is 6.12. The maximum atomic E-state index is 11.8. The van der Waals surface area contributed by atoms with Gasteiger partial charge in [-0.15, -0.1) is 0 Å². The van der Waals surface area contributed by atoms with Crippen molar-refractivity contribution in [2.45, 2.75) is 13.0 Å². The fourth-order valence-electron chi connectivity index (χ4n) is 2.40. The molecule has 0 atom stereocenters. The molecular weight excluding hydrogens is 318 g/mol. The molecular formula is C19H19N3OS. The second-order valence-electron chi connectivity index (χ2n) is 5.34. The largest absolute Gasteiger partial charge is 0.352 e. The van der Waals surface area contributed by atoms with Gasteiger partial charge in [0.15, 0.2) is 0 Å². The number of carbonyl (C=O) groups excluding carboxylic acids is 1. The van der Waals surface area contributed by atoms with Gasteiger partial charge in [0.1, 0.15) is 5.82 Å². The van der Waals surface area contributed by atoms with Gasteiger partial charge in [-0.2, -0.15) is 11.3 Å². The second kappa shape index (κ2) is 8.26. The van der Waals surface area contributed by atoms with E-state index in [1.165, 1.54) is 0 Å². The van der Waals surface area contributed by atoms with E-state index < -0.39 is 0 Å². The summed E-state index contributed by atoms with van der Waals surface area (Å²) in [5.74, 6) is 0.898. The maximum absolute atomic E-state index is 11.8. The smallest absolute Gasteiger partial charge is 0.244 e. The Balaban J connectivity index is 1.46. The Bertz CT molecular complexity index is 791. The van der Waals surface area contributed by atoms with E-state index in [0.29, 0.717) is 6.54 Å². The number of benzene rings is 1. The van der Waals surface area contributed by atoms with Gasteiger partial charge in [-0.3, -0.25) is 4.79 Å². The van der Waals surface area contributed by atoms with Crippen molar-refractivity contribution in [1.29, 1.82) is 0 Å². The molecule has 4 nitrogen and oxygen atoms in total. The van der Waals surface area contributed by atoms with Crippen LogP contribution >= 0.6 is 11.3 Å². The van der Waals surface area contributed by atoms with E-state index in [1.807, 2.05) is 53.5 Å². The van der Waals surface area contributed by atoms with E-state index in [9.17, 15) is 4.79 Å². The molecule has 24 heavy (non-hydrogen) atoms. The van der Waals surface area contributed by atoms with E-state index >= 15 is 0 Å². The minimum absolute atomic E-state index is 0.0601. The molecule has 0 fully saturated rings. The molecule has 1 amide bonds. The molecule has 5 heteroatoms. The van der Waals surface area contributed by atoms with Crippen LogP contribution in [-0.2, 0) is 11.3 Å². The zero-order valence-electron chi connectivity index (χ0n) is 13.3. The molecule has 3 rings (SSSR count). The van der Waals surface area contributed by atoms with Crippen molar-refractivity contribution in [2.24, 2.45) is 0 Å². The summed E-state index contributed by atoms with van der Waals surface area (Å²) >= 11 is 1.62. The number of hydrogen-bond acceptors (Lipinski definition) is 3. The van der Waals surface area contributed by atoms with Gasteiger partial charge < -0.3 is 9.88 Å². The zero-order chi connectivity index (χ0) is 16.6. The number of amides is 1. The Morgan fingerprint density at radius 3 is 2.92 bits per heavy atom. The number of rotatable bonds is 7. The van der Waals surface area contributed by atoms with Crippen LogP contribution in [0.5, 0.6) is 0 Å². The van der Waals surface area contributed by atoms with E-state index in [1.54, 1.807) is 17.4 Å². The van der Waals surface area contributed by atoms with Gasteiger partial charge >= 0.3 is 0 Å². The molecule has 2 aromatic heterocycles. The van der Waals surface area contributed by atoms with Gasteiger partial charge in [-0.05, 0) is 34.9 Å². The SMILES string of the molecule is O=C(/C=C/c1ccsc1)NCCCn1ccnc1-c1ccccc1. The summed E-state index contributed by atoms with van der Waals surface area (Å²) in [5, 5.41) is 6.91. The molecule has 0 radical (unpaired) electrons. The fourth-order valence-corrected chi connectivity index (χ4v) is 3.03. The van der Waals surface area contributed by atoms with Crippen LogP contribution < -0.4 is 5.32 Å². The molecule has 122 valence electrons. The molecule has 0 saturated carbocycles. The van der Waals surface area contributed by atoms with E-state index in [4.69, 9.17) is 0 Å². The molecule has 1 N–H and O–H groups in total. The van der Waals surface area contributed by atoms with Crippen molar-refractivity contribution in [2.75, 3.05) is 6.54 Å². The van der Waals surface area contributed by atoms with Crippen molar-refractivity contribution in [3.05, 3.63) is 71.2 Å². The number of hydrogen-bond donors (Lipinski definition) is 1. The predicted molar refractivity (Wildman–Crippen MR) is 98.6 cm³/mol. The first-order valence-electron chi connectivity index (χ1n) is 7.87. The lowest BCUT2D eigenvalue weighted by atomic mass is 10.2. The summed E-state index contributed by atoms with van der Waals surface area (Å²) in [6.07, 6.45) is 8.04. The number of nitrogens with zero attached hydrogens (tertiary/aromatic N) is 2. The van der Waals surface area contributed by atoms with Gasteiger partial charge in [-0.25, -0.2) is 4.98 Å². The van der Waals surface area contributed by atoms with Crippen LogP contribution in [-0.4, -0.2) is 22.0 Å². The lowest BCUT2D eigenvalue weighted by molar-refractivity contribution is -0.116. The molecule has 0 unspecified atom stereocenters. The van der Waals surface area contributed by atoms with Crippen LogP contribution in [0.1, 0.15) is 12.0 Å². The lowest BCUT2D eigenvalue weighted by Crippen LogP contribution is -2.23. The highest BCUT2D eigenvalue weighted by Crippen LogP contribution is 2.16. The Labute approximate surface area is 145 Å². The summed E-state index contributed by atoms with van der Waals surface area (Å²) in [6, 6.07) is 12.1. The summed E-state index contributed by atoms with van der Waals surface area (Å²) < 4.78 is 2.11. The van der Waals surface area contributed by atoms with Gasteiger partial charge in [0.2, 0.25) is 5.91 Å². The summed E-state index contributed by atoms with van der Waals surface area (Å²) in [4.78, 5) is 16.2. The quantitative estimate of drug-likeness (QED) is 0.526. The fraction of sp³-hybridized carbons (Fsp3) is 0.158. The van der Waals surface area contributed by atoms with Crippen LogP contribution in [0.15, 0.2) is 65.6 Å². The van der Waals surface area contributed by atoms with Crippen LogP contribution in [0.4, 0.5) is 0 Å². The number of carbonyl (C=O) groups is 1. The summed E-state index contributed by atoms with van der Waals surface area (Å²) in [7, 11) is 0. The van der Waals surface area contributed by atoms with Gasteiger partial charge in [0.05, 0.1) is 0 Å². The Hall–Kier alpha value is -2.66. The van der Waals surface area contributed by atoms with Crippen molar-refractivity contribution in [3.63, 3.8) is 0 Å². The third-order valence-electron chi connectivity index (χ3n) is 3.59. The average molecular weight is 337 g/mol. The predicted octanol–water partition coefficient (Wildman–Crippen LogP) is 3.83. The number of aryl methyl sites for hydroxylation is 1. The van der Waals surface area contributed by atoms with E-state index in [0.717, 1.165) is 29.9 Å². The van der Waals surface area contributed by atoms with Crippen molar-refractivity contribution < 1.29 is 4.79 Å². The molecule has 0 aliphatic carbocycles. The first kappa shape index (κ1) is 16.2. The minimum atomic E-state index is -0.0601. The zero-order valence-corrected chi connectivity index (χ0v) is 14.1. The molecule has 2 heterocycles. The number of nitrogens with one attached hydrogen (secondary N) is 1. The first-order valence-corrected chi connectivity index (χ1v) is 8.82. The molecule has 1 aromatic carbocycles. The highest BCUT2D eigenvalue weighted by atomic mass is 32.1. The lowest BCUT2D eigenvalue weighted by Gasteiger charge is -2.08. The van der Waals surface area contributed by atoms with Crippen molar-refractivity contribution >= 4 is 23.3 Å². The van der Waals surface area contributed by atoms with Crippen LogP contribution in [0.2, 0.25) is 0 Å². The third-order valence-corrected chi connectivity index (χ3v) is 4.29. The Morgan fingerprint density at radius 2 is 2.12 bits per heavy atom. The van der Waals surface area contributed by atoms with Gasteiger partial charge in [0, 0.05) is 37.1 Å². The number of imidazole rings is 1. The minimum Gasteiger partial charge on any atom is -0.352 e. The number of aromatic nitrogens is 2. The maximum Gasteiger partial charge on any atom is 0.244 e. The van der Waals surface area contributed by atoms with Crippen LogP contribution in [0, 0.1) is 0 Å².